The van der Waals surface area contributed by atoms with E-state index in [1.54, 1.807) is 6.08 Å². The standard InChI is InChI=1S/C49H95N2O6P/c1-6-8-10-12-14-16-18-19-20-21-22-23-24-25-26-27-28-29-30-31-32-33-35-37-39-41-43-49(53)50-47(46-57-58(54,55)56-45-44-51(3,4)5)48(52)42-40-38-36-34-17-15-13-11-9-7-2/h9,11,17,34,40,42,47-48,52H,6-8,10,12-16,18-33,35-39,41,43-46H2,1-5H3,(H-,50,53,54,55)/p+1/b11-9+,34-17+,42-40+. The van der Waals surface area contributed by atoms with Crippen molar-refractivity contribution in [3.8, 4) is 0 Å². The Morgan fingerprint density at radius 3 is 1.36 bits per heavy atom. The van der Waals surface area contributed by atoms with Crippen molar-refractivity contribution in [3.05, 3.63) is 36.5 Å². The topological polar surface area (TPSA) is 105 Å². The zero-order valence-electron chi connectivity index (χ0n) is 38.8. The number of nitrogens with one attached hydrogen (secondary N) is 1. The third-order valence-corrected chi connectivity index (χ3v) is 11.8. The van der Waals surface area contributed by atoms with Crippen LogP contribution in [0.4, 0.5) is 0 Å². The molecule has 3 atom stereocenters. The summed E-state index contributed by atoms with van der Waals surface area (Å²) >= 11 is 0. The van der Waals surface area contributed by atoms with Crippen molar-refractivity contribution in [2.75, 3.05) is 40.9 Å². The van der Waals surface area contributed by atoms with Gasteiger partial charge in [-0.2, -0.15) is 0 Å². The Labute approximate surface area is 359 Å². The number of phosphoric ester groups is 1. The highest BCUT2D eigenvalue weighted by atomic mass is 31.2. The average molecular weight is 840 g/mol. The molecule has 0 aliphatic rings. The van der Waals surface area contributed by atoms with Gasteiger partial charge < -0.3 is 19.8 Å². The molecular weight excluding hydrogens is 744 g/mol. The molecule has 0 saturated heterocycles. The Kier molecular flexibility index (Phi) is 40.2. The van der Waals surface area contributed by atoms with Crippen LogP contribution in [0.15, 0.2) is 36.5 Å². The first kappa shape index (κ1) is 56.7. The summed E-state index contributed by atoms with van der Waals surface area (Å²) in [4.78, 5) is 23.1. The molecule has 8 nitrogen and oxygen atoms in total. The van der Waals surface area contributed by atoms with E-state index in [0.29, 0.717) is 17.4 Å². The van der Waals surface area contributed by atoms with Gasteiger partial charge >= 0.3 is 7.82 Å². The molecule has 0 spiro atoms. The number of amides is 1. The summed E-state index contributed by atoms with van der Waals surface area (Å²) in [7, 11) is 1.55. The molecule has 0 fully saturated rings. The summed E-state index contributed by atoms with van der Waals surface area (Å²) < 4.78 is 23.5. The highest BCUT2D eigenvalue weighted by Crippen LogP contribution is 2.43. The maximum Gasteiger partial charge on any atom is 0.472 e. The molecule has 3 unspecified atom stereocenters. The summed E-state index contributed by atoms with van der Waals surface area (Å²) in [5.74, 6) is -0.191. The second-order valence-electron chi connectivity index (χ2n) is 17.8. The van der Waals surface area contributed by atoms with Gasteiger partial charge in [0.1, 0.15) is 13.2 Å². The number of nitrogens with zero attached hydrogens (tertiary/aromatic N) is 1. The van der Waals surface area contributed by atoms with Crippen LogP contribution in [0.2, 0.25) is 0 Å². The first-order chi connectivity index (χ1) is 28.0. The molecule has 342 valence electrons. The lowest BCUT2D eigenvalue weighted by molar-refractivity contribution is -0.870. The van der Waals surface area contributed by atoms with Crippen molar-refractivity contribution in [2.24, 2.45) is 0 Å². The molecule has 0 aromatic rings. The molecule has 0 saturated carbocycles. The maximum atomic E-state index is 12.9. The lowest BCUT2D eigenvalue weighted by Crippen LogP contribution is -2.45. The maximum absolute atomic E-state index is 12.9. The van der Waals surface area contributed by atoms with Crippen molar-refractivity contribution in [3.63, 3.8) is 0 Å². The Balaban J connectivity index is 4.11. The van der Waals surface area contributed by atoms with Crippen LogP contribution >= 0.6 is 7.82 Å². The van der Waals surface area contributed by atoms with Crippen LogP contribution in [0.1, 0.15) is 219 Å². The molecule has 0 aromatic heterocycles. The summed E-state index contributed by atoms with van der Waals surface area (Å²) in [5.41, 5.74) is 0. The molecule has 58 heavy (non-hydrogen) atoms. The molecule has 1 amide bonds. The van der Waals surface area contributed by atoms with E-state index in [4.69, 9.17) is 9.05 Å². The number of carbonyl (C=O) groups is 1. The Hall–Kier alpha value is -1.28. The minimum Gasteiger partial charge on any atom is -0.387 e. The van der Waals surface area contributed by atoms with E-state index in [2.05, 4.69) is 43.5 Å². The number of hydrogen-bond donors (Lipinski definition) is 3. The summed E-state index contributed by atoms with van der Waals surface area (Å²) in [6, 6.07) is -0.865. The van der Waals surface area contributed by atoms with E-state index in [0.717, 1.165) is 51.4 Å². The van der Waals surface area contributed by atoms with E-state index in [1.165, 1.54) is 148 Å². The van der Waals surface area contributed by atoms with Crippen LogP contribution in [0.5, 0.6) is 0 Å². The molecular formula is C49H96N2O6P+. The third kappa shape index (κ3) is 42.8. The zero-order chi connectivity index (χ0) is 42.8. The first-order valence-corrected chi connectivity index (χ1v) is 25.9. The SMILES string of the molecule is CC/C=C/CC/C=C/CC/C=C/C(O)C(COP(=O)(O)OCC[N+](C)(C)C)NC(=O)CCCCCCCCCCCCCCCCCCCCCCCCCCCC. The molecule has 0 aromatic carbocycles. The first-order valence-electron chi connectivity index (χ1n) is 24.4. The molecule has 0 aliphatic carbocycles. The number of likely N-dealkylation sites (N-methyl/N-ethyl adjacent to an activating group) is 1. The molecule has 0 aliphatic heterocycles. The summed E-state index contributed by atoms with van der Waals surface area (Å²) in [6.45, 7) is 4.67. The van der Waals surface area contributed by atoms with Gasteiger partial charge in [0.15, 0.2) is 0 Å². The second-order valence-corrected chi connectivity index (χ2v) is 19.3. The summed E-state index contributed by atoms with van der Waals surface area (Å²) in [5, 5.41) is 13.8. The monoisotopic (exact) mass is 840 g/mol. The Morgan fingerprint density at radius 1 is 0.586 bits per heavy atom. The van der Waals surface area contributed by atoms with Gasteiger partial charge in [-0.25, -0.2) is 4.57 Å². The minimum absolute atomic E-state index is 0.0543. The Bertz CT molecular complexity index is 1040. The smallest absolute Gasteiger partial charge is 0.387 e. The van der Waals surface area contributed by atoms with Crippen LogP contribution < -0.4 is 5.32 Å². The molecule has 3 N–H and O–H groups in total. The molecule has 0 radical (unpaired) electrons. The van der Waals surface area contributed by atoms with Crippen LogP contribution in [0.25, 0.3) is 0 Å². The average Bonchev–Trinajstić information content (AvgIpc) is 3.17. The van der Waals surface area contributed by atoms with Crippen LogP contribution in [-0.2, 0) is 18.4 Å². The fraction of sp³-hybridized carbons (Fsp3) is 0.857. The van der Waals surface area contributed by atoms with Crippen LogP contribution in [0.3, 0.4) is 0 Å². The van der Waals surface area contributed by atoms with Crippen LogP contribution in [-0.4, -0.2) is 73.4 Å². The van der Waals surface area contributed by atoms with E-state index >= 15 is 0 Å². The second kappa shape index (κ2) is 41.1. The molecule has 9 heteroatoms. The van der Waals surface area contributed by atoms with Crippen molar-refractivity contribution >= 4 is 13.7 Å². The van der Waals surface area contributed by atoms with Gasteiger partial charge in [-0.1, -0.05) is 211 Å². The van der Waals surface area contributed by atoms with Gasteiger partial charge in [-0.15, -0.1) is 0 Å². The molecule has 0 heterocycles. The number of allylic oxidation sites excluding steroid dienone is 5. The van der Waals surface area contributed by atoms with Gasteiger partial charge in [0.25, 0.3) is 0 Å². The van der Waals surface area contributed by atoms with Crippen molar-refractivity contribution in [1.82, 2.24) is 5.32 Å². The lowest BCUT2D eigenvalue weighted by atomic mass is 10.0. The largest absolute Gasteiger partial charge is 0.472 e. The number of quaternary nitrogens is 1. The van der Waals surface area contributed by atoms with E-state index < -0.39 is 20.0 Å². The number of unbranched alkanes of at least 4 members (excludes halogenated alkanes) is 27. The molecule has 0 bridgehead atoms. The number of hydrogen-bond acceptors (Lipinski definition) is 5. The van der Waals surface area contributed by atoms with Gasteiger partial charge in [0, 0.05) is 6.42 Å². The molecule has 0 rings (SSSR count). The number of carbonyl (C=O) groups excluding carboxylic acids is 1. The highest BCUT2D eigenvalue weighted by molar-refractivity contribution is 7.47. The number of aliphatic hydroxyl groups excluding tert-OH is 1. The zero-order valence-corrected chi connectivity index (χ0v) is 39.7. The predicted octanol–water partition coefficient (Wildman–Crippen LogP) is 13.9. The Morgan fingerprint density at radius 2 is 0.966 bits per heavy atom. The van der Waals surface area contributed by atoms with Crippen molar-refractivity contribution < 1.29 is 32.9 Å². The third-order valence-electron chi connectivity index (χ3n) is 10.9. The normalized spacial score (nSPS) is 14.5. The van der Waals surface area contributed by atoms with Gasteiger partial charge in [0.2, 0.25) is 5.91 Å². The van der Waals surface area contributed by atoms with Crippen molar-refractivity contribution in [2.45, 2.75) is 231 Å². The fourth-order valence-corrected chi connectivity index (χ4v) is 7.76. The minimum atomic E-state index is -4.34. The quantitative estimate of drug-likeness (QED) is 0.0244. The number of aliphatic hydroxyl groups is 1. The van der Waals surface area contributed by atoms with Gasteiger partial charge in [0.05, 0.1) is 39.9 Å². The highest BCUT2D eigenvalue weighted by Gasteiger charge is 2.27. The predicted molar refractivity (Wildman–Crippen MR) is 249 cm³/mol. The van der Waals surface area contributed by atoms with E-state index in [-0.39, 0.29) is 19.1 Å². The summed E-state index contributed by atoms with van der Waals surface area (Å²) in [6.07, 6.45) is 51.1. The van der Waals surface area contributed by atoms with E-state index in [9.17, 15) is 19.4 Å². The van der Waals surface area contributed by atoms with Gasteiger partial charge in [-0.3, -0.25) is 13.8 Å². The van der Waals surface area contributed by atoms with Crippen molar-refractivity contribution in [1.29, 1.82) is 0 Å². The number of rotatable bonds is 44. The van der Waals surface area contributed by atoms with E-state index in [1.807, 2.05) is 27.2 Å². The lowest BCUT2D eigenvalue weighted by Gasteiger charge is -2.25. The van der Waals surface area contributed by atoms with Gasteiger partial charge in [-0.05, 0) is 38.5 Å². The van der Waals surface area contributed by atoms with Crippen LogP contribution in [0, 0.1) is 0 Å². The number of phosphoric acid groups is 1. The fourth-order valence-electron chi connectivity index (χ4n) is 7.02.